The number of methoxy groups -OCH3 is 1. The summed E-state index contributed by atoms with van der Waals surface area (Å²) in [6, 6.07) is 17.8. The molecular formula is C24H23ClN2O4. The lowest BCUT2D eigenvalue weighted by atomic mass is 9.80. The third kappa shape index (κ3) is 4.01. The Morgan fingerprint density at radius 2 is 1.77 bits per heavy atom. The smallest absolute Gasteiger partial charge is 0.323 e. The first kappa shape index (κ1) is 21.3. The summed E-state index contributed by atoms with van der Waals surface area (Å²) in [7, 11) is 1.33. The number of nitrogens with zero attached hydrogens (tertiary/aromatic N) is 1. The minimum absolute atomic E-state index is 0.232. The van der Waals surface area contributed by atoms with Crippen molar-refractivity contribution in [2.45, 2.75) is 24.9 Å². The van der Waals surface area contributed by atoms with Gasteiger partial charge < -0.3 is 9.47 Å². The largest absolute Gasteiger partial charge is 0.468 e. The van der Waals surface area contributed by atoms with Gasteiger partial charge in [0.25, 0.3) is 0 Å². The maximum absolute atomic E-state index is 13.2. The fraction of sp³-hybridized carbons (Fsp3) is 0.292. The van der Waals surface area contributed by atoms with Gasteiger partial charge in [0.05, 0.1) is 25.2 Å². The number of nitrogens with one attached hydrogen (secondary N) is 1. The van der Waals surface area contributed by atoms with Crippen molar-refractivity contribution < 1.29 is 19.1 Å². The topological polar surface area (TPSA) is 77.5 Å². The van der Waals surface area contributed by atoms with E-state index in [0.717, 1.165) is 16.5 Å². The first-order valence-corrected chi connectivity index (χ1v) is 10.5. The first-order valence-electron chi connectivity index (χ1n) is 10.2. The number of pyridine rings is 1. The molecule has 0 saturated carbocycles. The molecule has 0 aliphatic carbocycles. The van der Waals surface area contributed by atoms with Crippen LogP contribution in [0, 0.1) is 5.92 Å². The van der Waals surface area contributed by atoms with Crippen LogP contribution in [0.3, 0.4) is 0 Å². The number of ether oxygens (including phenoxy) is 2. The normalized spacial score (nSPS) is 22.9. The first-order chi connectivity index (χ1) is 15.0. The van der Waals surface area contributed by atoms with E-state index in [1.165, 1.54) is 7.11 Å². The summed E-state index contributed by atoms with van der Waals surface area (Å²) in [4.78, 5) is 30.5. The molecule has 1 aromatic heterocycles. The quantitative estimate of drug-likeness (QED) is 0.478. The van der Waals surface area contributed by atoms with Crippen molar-refractivity contribution in [2.75, 3.05) is 13.7 Å². The number of hydrogen-bond acceptors (Lipinski definition) is 6. The molecule has 7 heteroatoms. The molecule has 31 heavy (non-hydrogen) atoms. The van der Waals surface area contributed by atoms with E-state index in [0.29, 0.717) is 5.56 Å². The minimum atomic E-state index is -0.787. The van der Waals surface area contributed by atoms with Crippen LogP contribution < -0.4 is 5.32 Å². The molecule has 4 rings (SSSR count). The summed E-state index contributed by atoms with van der Waals surface area (Å²) in [6.45, 7) is 1.99. The molecule has 1 fully saturated rings. The zero-order valence-corrected chi connectivity index (χ0v) is 18.0. The van der Waals surface area contributed by atoms with Gasteiger partial charge in [0.1, 0.15) is 11.2 Å². The molecular weight excluding hydrogens is 416 g/mol. The second kappa shape index (κ2) is 9.04. The Morgan fingerprint density at radius 3 is 2.48 bits per heavy atom. The molecule has 160 valence electrons. The zero-order valence-electron chi connectivity index (χ0n) is 17.2. The molecule has 1 N–H and O–H groups in total. The van der Waals surface area contributed by atoms with Gasteiger partial charge in [-0.15, -0.1) is 0 Å². The molecule has 2 heterocycles. The van der Waals surface area contributed by atoms with E-state index in [-0.39, 0.29) is 11.8 Å². The molecule has 0 unspecified atom stereocenters. The molecule has 1 aliphatic rings. The van der Waals surface area contributed by atoms with Gasteiger partial charge in [0.2, 0.25) is 0 Å². The van der Waals surface area contributed by atoms with Crippen molar-refractivity contribution in [2.24, 2.45) is 5.92 Å². The van der Waals surface area contributed by atoms with Crippen molar-refractivity contribution in [3.8, 4) is 0 Å². The SMILES string of the molecule is CCOC(=O)[C@@H]1[C@@H](c2cc3ccccc3nc2Cl)[C@H](C(=O)OC)N[C@@H]1c1ccccc1. The highest BCUT2D eigenvalue weighted by Gasteiger charge is 2.52. The molecule has 1 aliphatic heterocycles. The highest BCUT2D eigenvalue weighted by molar-refractivity contribution is 6.30. The number of carbonyl (C=O) groups excluding carboxylic acids is 2. The average Bonchev–Trinajstić information content (AvgIpc) is 3.19. The van der Waals surface area contributed by atoms with Crippen LogP contribution in [0.25, 0.3) is 10.9 Å². The van der Waals surface area contributed by atoms with Gasteiger partial charge in [-0.25, -0.2) is 4.98 Å². The Morgan fingerprint density at radius 1 is 1.06 bits per heavy atom. The third-order valence-electron chi connectivity index (χ3n) is 5.70. The van der Waals surface area contributed by atoms with Gasteiger partial charge >= 0.3 is 11.9 Å². The summed E-state index contributed by atoms with van der Waals surface area (Å²) < 4.78 is 10.5. The summed E-state index contributed by atoms with van der Waals surface area (Å²) in [6.07, 6.45) is 0. The number of para-hydroxylation sites is 1. The van der Waals surface area contributed by atoms with Crippen LogP contribution in [-0.2, 0) is 19.1 Å². The van der Waals surface area contributed by atoms with Gasteiger partial charge in [0, 0.05) is 17.3 Å². The lowest BCUT2D eigenvalue weighted by Crippen LogP contribution is -2.37. The summed E-state index contributed by atoms with van der Waals surface area (Å²) in [5.41, 5.74) is 2.23. The van der Waals surface area contributed by atoms with Crippen molar-refractivity contribution in [3.63, 3.8) is 0 Å². The summed E-state index contributed by atoms with van der Waals surface area (Å²) in [5, 5.41) is 4.43. The van der Waals surface area contributed by atoms with Crippen molar-refractivity contribution in [1.29, 1.82) is 0 Å². The molecule has 0 spiro atoms. The van der Waals surface area contributed by atoms with Gasteiger partial charge in [-0.3, -0.25) is 14.9 Å². The Kier molecular flexibility index (Phi) is 6.20. The predicted molar refractivity (Wildman–Crippen MR) is 118 cm³/mol. The summed E-state index contributed by atoms with van der Waals surface area (Å²) >= 11 is 6.59. The van der Waals surface area contributed by atoms with Gasteiger partial charge in [-0.2, -0.15) is 0 Å². The van der Waals surface area contributed by atoms with E-state index in [9.17, 15) is 9.59 Å². The Bertz CT molecular complexity index is 1110. The molecule has 2 aromatic carbocycles. The number of fused-ring (bicyclic) bond motifs is 1. The van der Waals surface area contributed by atoms with Crippen molar-refractivity contribution in [1.82, 2.24) is 10.3 Å². The number of rotatable bonds is 5. The number of hydrogen-bond donors (Lipinski definition) is 1. The van der Waals surface area contributed by atoms with Crippen LogP contribution in [-0.4, -0.2) is 36.7 Å². The second-order valence-electron chi connectivity index (χ2n) is 7.42. The van der Waals surface area contributed by atoms with E-state index in [4.69, 9.17) is 21.1 Å². The lowest BCUT2D eigenvalue weighted by Gasteiger charge is -2.24. The van der Waals surface area contributed by atoms with E-state index < -0.39 is 35.9 Å². The fourth-order valence-corrected chi connectivity index (χ4v) is 4.63. The zero-order chi connectivity index (χ0) is 22.0. The van der Waals surface area contributed by atoms with Crippen LogP contribution in [0.2, 0.25) is 5.15 Å². The number of carbonyl (C=O) groups is 2. The van der Waals surface area contributed by atoms with Crippen LogP contribution in [0.15, 0.2) is 60.7 Å². The lowest BCUT2D eigenvalue weighted by molar-refractivity contribution is -0.149. The van der Waals surface area contributed by atoms with E-state index in [1.807, 2.05) is 60.7 Å². The number of benzene rings is 2. The highest BCUT2D eigenvalue weighted by atomic mass is 35.5. The summed E-state index contributed by atoms with van der Waals surface area (Å²) in [5.74, 6) is -2.17. The second-order valence-corrected chi connectivity index (χ2v) is 7.78. The molecule has 0 amide bonds. The van der Waals surface area contributed by atoms with Gasteiger partial charge in [0.15, 0.2) is 0 Å². The molecule has 1 saturated heterocycles. The maximum atomic E-state index is 13.2. The molecule has 4 atom stereocenters. The molecule has 0 radical (unpaired) electrons. The Balaban J connectivity index is 1.89. The van der Waals surface area contributed by atoms with E-state index in [2.05, 4.69) is 10.3 Å². The Hall–Kier alpha value is -2.96. The maximum Gasteiger partial charge on any atom is 0.323 e. The highest BCUT2D eigenvalue weighted by Crippen LogP contribution is 2.46. The van der Waals surface area contributed by atoms with E-state index in [1.54, 1.807) is 6.92 Å². The standard InChI is InChI=1S/C24H23ClN2O4/c1-3-31-23(28)19-18(16-13-15-11-7-8-12-17(15)26-22(16)25)21(24(29)30-2)27-20(19)14-9-5-4-6-10-14/h4-13,18-21,27H,3H2,1-2H3/t18-,19-,20-,21-/m1/s1. The Labute approximate surface area is 185 Å². The van der Waals surface area contributed by atoms with Crippen LogP contribution in [0.4, 0.5) is 0 Å². The minimum Gasteiger partial charge on any atom is -0.468 e. The van der Waals surface area contributed by atoms with Gasteiger partial charge in [-0.1, -0.05) is 60.1 Å². The predicted octanol–water partition coefficient (Wildman–Crippen LogP) is 4.04. The monoisotopic (exact) mass is 438 g/mol. The van der Waals surface area contributed by atoms with Crippen LogP contribution >= 0.6 is 11.6 Å². The van der Waals surface area contributed by atoms with Crippen molar-refractivity contribution >= 4 is 34.4 Å². The van der Waals surface area contributed by atoms with Crippen molar-refractivity contribution in [3.05, 3.63) is 76.9 Å². The van der Waals surface area contributed by atoms with Crippen LogP contribution in [0.1, 0.15) is 30.0 Å². The average molecular weight is 439 g/mol. The number of aromatic nitrogens is 1. The fourth-order valence-electron chi connectivity index (χ4n) is 4.36. The number of halogens is 1. The molecule has 3 aromatic rings. The van der Waals surface area contributed by atoms with Crippen LogP contribution in [0.5, 0.6) is 0 Å². The molecule has 6 nitrogen and oxygen atoms in total. The van der Waals surface area contributed by atoms with E-state index >= 15 is 0 Å². The van der Waals surface area contributed by atoms with Gasteiger partial charge in [-0.05, 0) is 30.2 Å². The molecule has 0 bridgehead atoms. The number of esters is 2. The third-order valence-corrected chi connectivity index (χ3v) is 6.00.